The van der Waals surface area contributed by atoms with Gasteiger partial charge in [0.15, 0.2) is 6.29 Å². The van der Waals surface area contributed by atoms with Crippen LogP contribution in [-0.4, -0.2) is 6.29 Å². The lowest BCUT2D eigenvalue weighted by atomic mass is 10.2. The highest BCUT2D eigenvalue weighted by Crippen LogP contribution is 2.30. The largest absolute Gasteiger partial charge is 0.457 e. The molecule has 0 atom stereocenters. The van der Waals surface area contributed by atoms with Gasteiger partial charge in [0.25, 0.3) is 0 Å². The van der Waals surface area contributed by atoms with Gasteiger partial charge in [-0.15, -0.1) is 0 Å². The smallest absolute Gasteiger partial charge is 0.153 e. The number of carbonyl (C=O) groups excluding carboxylic acids is 1. The van der Waals surface area contributed by atoms with Crippen LogP contribution in [0.25, 0.3) is 0 Å². The maximum absolute atomic E-state index is 11.0. The topological polar surface area (TPSA) is 26.3 Å². The Labute approximate surface area is 123 Å². The lowest BCUT2D eigenvalue weighted by molar-refractivity contribution is 0.112. The molecule has 5 heteroatoms. The molecule has 0 amide bonds. The fraction of sp³-hybridized carbons (Fsp3) is 0. The first kappa shape index (κ1) is 13.4. The standard InChI is InChI=1S/C13H7BrCl2O2/c14-9-1-2-13(8(3-9)7-17)18-12-5-10(15)4-11(16)6-12/h1-7H. The fourth-order valence-electron chi connectivity index (χ4n) is 1.42. The number of halogens is 3. The molecule has 2 rings (SSSR count). The van der Waals surface area contributed by atoms with E-state index in [-0.39, 0.29) is 0 Å². The Bertz CT molecular complexity index is 579. The van der Waals surface area contributed by atoms with E-state index in [4.69, 9.17) is 27.9 Å². The van der Waals surface area contributed by atoms with E-state index < -0.39 is 0 Å². The summed E-state index contributed by atoms with van der Waals surface area (Å²) in [4.78, 5) is 11.0. The summed E-state index contributed by atoms with van der Waals surface area (Å²) in [5.74, 6) is 0.935. The summed E-state index contributed by atoms with van der Waals surface area (Å²) in [5, 5.41) is 0.949. The summed E-state index contributed by atoms with van der Waals surface area (Å²) in [7, 11) is 0. The second-order valence-electron chi connectivity index (χ2n) is 3.51. The molecule has 0 saturated carbocycles. The molecule has 0 aliphatic heterocycles. The van der Waals surface area contributed by atoms with Gasteiger partial charge in [0.05, 0.1) is 5.56 Å². The van der Waals surface area contributed by atoms with Crippen molar-refractivity contribution in [3.63, 3.8) is 0 Å². The summed E-state index contributed by atoms with van der Waals surface area (Å²) in [6, 6.07) is 10.0. The number of ether oxygens (including phenoxy) is 1. The van der Waals surface area contributed by atoms with Crippen LogP contribution in [0.4, 0.5) is 0 Å². The van der Waals surface area contributed by atoms with Gasteiger partial charge >= 0.3 is 0 Å². The van der Waals surface area contributed by atoms with E-state index >= 15 is 0 Å². The Morgan fingerprint density at radius 2 is 1.72 bits per heavy atom. The van der Waals surface area contributed by atoms with Gasteiger partial charge in [-0.1, -0.05) is 39.1 Å². The zero-order valence-electron chi connectivity index (χ0n) is 8.99. The average molecular weight is 346 g/mol. The molecule has 0 bridgehead atoms. The molecule has 0 fully saturated rings. The Kier molecular flexibility index (Phi) is 4.27. The Morgan fingerprint density at radius 3 is 2.33 bits per heavy atom. The van der Waals surface area contributed by atoms with Crippen molar-refractivity contribution < 1.29 is 9.53 Å². The molecule has 2 aromatic rings. The molecule has 0 radical (unpaired) electrons. The van der Waals surface area contributed by atoms with E-state index in [9.17, 15) is 4.79 Å². The lowest BCUT2D eigenvalue weighted by Crippen LogP contribution is -1.90. The molecule has 2 nitrogen and oxygen atoms in total. The summed E-state index contributed by atoms with van der Waals surface area (Å²) in [6.07, 6.45) is 0.728. The molecule has 0 saturated heterocycles. The van der Waals surface area contributed by atoms with Crippen LogP contribution in [0.5, 0.6) is 11.5 Å². The molecule has 0 aromatic heterocycles. The zero-order chi connectivity index (χ0) is 13.1. The van der Waals surface area contributed by atoms with Gasteiger partial charge in [0, 0.05) is 14.5 Å². The zero-order valence-corrected chi connectivity index (χ0v) is 12.1. The quantitative estimate of drug-likeness (QED) is 0.700. The first-order valence-electron chi connectivity index (χ1n) is 4.97. The average Bonchev–Trinajstić information content (AvgIpc) is 2.30. The Balaban J connectivity index is 2.36. The van der Waals surface area contributed by atoms with Gasteiger partial charge in [0.1, 0.15) is 11.5 Å². The summed E-state index contributed by atoms with van der Waals surface area (Å²) in [6.45, 7) is 0. The van der Waals surface area contributed by atoms with E-state index in [1.54, 1.807) is 36.4 Å². The first-order chi connectivity index (χ1) is 8.58. The van der Waals surface area contributed by atoms with Crippen molar-refractivity contribution in [3.05, 3.63) is 56.5 Å². The van der Waals surface area contributed by atoms with Crippen molar-refractivity contribution in [1.29, 1.82) is 0 Å². The Hall–Kier alpha value is -1.03. The molecule has 0 aliphatic rings. The third-order valence-electron chi connectivity index (χ3n) is 2.16. The van der Waals surface area contributed by atoms with E-state index in [0.29, 0.717) is 27.1 Å². The molecule has 0 aliphatic carbocycles. The summed E-state index contributed by atoms with van der Waals surface area (Å²) in [5.41, 5.74) is 0.445. The summed E-state index contributed by atoms with van der Waals surface area (Å²) < 4.78 is 6.40. The fourth-order valence-corrected chi connectivity index (χ4v) is 2.30. The minimum Gasteiger partial charge on any atom is -0.457 e. The van der Waals surface area contributed by atoms with Gasteiger partial charge in [-0.05, 0) is 36.4 Å². The molecule has 0 spiro atoms. The molecule has 92 valence electrons. The molecular weight excluding hydrogens is 339 g/mol. The number of hydrogen-bond donors (Lipinski definition) is 0. The van der Waals surface area contributed by atoms with Crippen LogP contribution in [-0.2, 0) is 0 Å². The molecule has 18 heavy (non-hydrogen) atoms. The molecule has 0 N–H and O–H groups in total. The summed E-state index contributed by atoms with van der Waals surface area (Å²) >= 11 is 15.0. The maximum atomic E-state index is 11.0. The Morgan fingerprint density at radius 1 is 1.06 bits per heavy atom. The molecule has 0 heterocycles. The van der Waals surface area contributed by atoms with Gasteiger partial charge in [0.2, 0.25) is 0 Å². The maximum Gasteiger partial charge on any atom is 0.153 e. The number of carbonyl (C=O) groups is 1. The van der Waals surface area contributed by atoms with E-state index in [0.717, 1.165) is 10.8 Å². The number of rotatable bonds is 3. The van der Waals surface area contributed by atoms with E-state index in [1.165, 1.54) is 0 Å². The first-order valence-corrected chi connectivity index (χ1v) is 6.52. The van der Waals surface area contributed by atoms with Crippen molar-refractivity contribution >= 4 is 45.4 Å². The van der Waals surface area contributed by atoms with Crippen molar-refractivity contribution in [2.75, 3.05) is 0 Å². The lowest BCUT2D eigenvalue weighted by Gasteiger charge is -2.09. The number of hydrogen-bond acceptors (Lipinski definition) is 2. The molecule has 2 aromatic carbocycles. The monoisotopic (exact) mass is 344 g/mol. The van der Waals surface area contributed by atoms with Crippen LogP contribution in [0.15, 0.2) is 40.9 Å². The third kappa shape index (κ3) is 3.25. The van der Waals surface area contributed by atoms with Crippen LogP contribution in [0.3, 0.4) is 0 Å². The van der Waals surface area contributed by atoms with Crippen molar-refractivity contribution in [2.24, 2.45) is 0 Å². The molecular formula is C13H7BrCl2O2. The molecule has 0 unspecified atom stereocenters. The van der Waals surface area contributed by atoms with E-state index in [2.05, 4.69) is 15.9 Å². The minimum atomic E-state index is 0.445. The van der Waals surface area contributed by atoms with Gasteiger partial charge in [-0.3, -0.25) is 4.79 Å². The van der Waals surface area contributed by atoms with Crippen LogP contribution in [0.2, 0.25) is 10.0 Å². The predicted molar refractivity (Wildman–Crippen MR) is 76.1 cm³/mol. The number of aldehydes is 1. The highest BCUT2D eigenvalue weighted by atomic mass is 79.9. The van der Waals surface area contributed by atoms with Crippen molar-refractivity contribution in [3.8, 4) is 11.5 Å². The predicted octanol–water partition coefficient (Wildman–Crippen LogP) is 5.36. The highest BCUT2D eigenvalue weighted by Gasteiger charge is 2.06. The second kappa shape index (κ2) is 5.74. The van der Waals surface area contributed by atoms with Gasteiger partial charge in [-0.2, -0.15) is 0 Å². The van der Waals surface area contributed by atoms with Crippen LogP contribution < -0.4 is 4.74 Å². The van der Waals surface area contributed by atoms with Crippen molar-refractivity contribution in [2.45, 2.75) is 0 Å². The second-order valence-corrected chi connectivity index (χ2v) is 5.30. The SMILES string of the molecule is O=Cc1cc(Br)ccc1Oc1cc(Cl)cc(Cl)c1. The van der Waals surface area contributed by atoms with Crippen LogP contribution >= 0.6 is 39.1 Å². The van der Waals surface area contributed by atoms with Crippen LogP contribution in [0, 0.1) is 0 Å². The number of benzene rings is 2. The normalized spacial score (nSPS) is 10.2. The van der Waals surface area contributed by atoms with Gasteiger partial charge in [-0.25, -0.2) is 0 Å². The van der Waals surface area contributed by atoms with Crippen LogP contribution in [0.1, 0.15) is 10.4 Å². The van der Waals surface area contributed by atoms with Gasteiger partial charge < -0.3 is 4.74 Å². The van der Waals surface area contributed by atoms with E-state index in [1.807, 2.05) is 0 Å². The highest BCUT2D eigenvalue weighted by molar-refractivity contribution is 9.10. The van der Waals surface area contributed by atoms with Crippen molar-refractivity contribution in [1.82, 2.24) is 0 Å². The minimum absolute atomic E-state index is 0.445. The third-order valence-corrected chi connectivity index (χ3v) is 3.09.